The van der Waals surface area contributed by atoms with Crippen LogP contribution in [0, 0.1) is 0 Å². The molecule has 0 saturated heterocycles. The Morgan fingerprint density at radius 3 is 2.78 bits per heavy atom. The highest BCUT2D eigenvalue weighted by atomic mass is 16.5. The van der Waals surface area contributed by atoms with Crippen LogP contribution in [0.15, 0.2) is 42.5 Å². The fraction of sp³-hybridized carbons (Fsp3) is 0.211. The van der Waals surface area contributed by atoms with Crippen LogP contribution in [0.3, 0.4) is 0 Å². The predicted octanol–water partition coefficient (Wildman–Crippen LogP) is 1.90. The number of anilines is 2. The molecule has 27 heavy (non-hydrogen) atoms. The van der Waals surface area contributed by atoms with E-state index in [0.29, 0.717) is 28.4 Å². The molecule has 0 aromatic heterocycles. The summed E-state index contributed by atoms with van der Waals surface area (Å²) in [6.07, 6.45) is -0.245. The van der Waals surface area contributed by atoms with E-state index in [1.54, 1.807) is 36.4 Å². The number of amides is 2. The zero-order valence-corrected chi connectivity index (χ0v) is 14.2. The van der Waals surface area contributed by atoms with Crippen molar-refractivity contribution in [3.05, 3.63) is 48.0 Å². The van der Waals surface area contributed by atoms with Gasteiger partial charge in [-0.2, -0.15) is 0 Å². The lowest BCUT2D eigenvalue weighted by Gasteiger charge is -2.36. The van der Waals surface area contributed by atoms with Crippen molar-refractivity contribution in [3.8, 4) is 11.5 Å². The van der Waals surface area contributed by atoms with Crippen LogP contribution in [0.1, 0.15) is 16.8 Å². The number of benzene rings is 2. The average Bonchev–Trinajstić information content (AvgIpc) is 2.66. The Hall–Kier alpha value is -3.55. The largest absolute Gasteiger partial charge is 0.489 e. The molecule has 0 saturated carbocycles. The maximum atomic E-state index is 13.2. The number of carbonyl (C=O) groups is 3. The van der Waals surface area contributed by atoms with Gasteiger partial charge in [0.05, 0.1) is 23.8 Å². The molecule has 2 heterocycles. The summed E-state index contributed by atoms with van der Waals surface area (Å²) in [5, 5.41) is 11.9. The first-order valence-electron chi connectivity index (χ1n) is 8.37. The molecule has 2 aromatic rings. The highest BCUT2D eigenvalue weighted by Crippen LogP contribution is 2.36. The maximum absolute atomic E-state index is 13.2. The van der Waals surface area contributed by atoms with Gasteiger partial charge in [0, 0.05) is 5.56 Å². The number of aliphatic carboxylic acids is 1. The highest BCUT2D eigenvalue weighted by Gasteiger charge is 2.34. The third-order valence-electron chi connectivity index (χ3n) is 4.41. The second-order valence-electron chi connectivity index (χ2n) is 6.25. The molecular formula is C19H16N2O6. The van der Waals surface area contributed by atoms with Crippen LogP contribution in [0.2, 0.25) is 0 Å². The van der Waals surface area contributed by atoms with Crippen molar-refractivity contribution in [2.24, 2.45) is 0 Å². The number of fused-ring (bicyclic) bond motifs is 2. The molecule has 2 aliphatic heterocycles. The number of nitrogens with one attached hydrogen (secondary N) is 1. The molecule has 2 amide bonds. The van der Waals surface area contributed by atoms with Gasteiger partial charge in [0.2, 0.25) is 0 Å². The van der Waals surface area contributed by atoms with Gasteiger partial charge >= 0.3 is 5.97 Å². The van der Waals surface area contributed by atoms with Crippen molar-refractivity contribution in [1.82, 2.24) is 0 Å². The van der Waals surface area contributed by atoms with E-state index in [9.17, 15) is 19.5 Å². The molecule has 8 nitrogen and oxygen atoms in total. The lowest BCUT2D eigenvalue weighted by atomic mass is 10.1. The lowest BCUT2D eigenvalue weighted by molar-refractivity contribution is -0.137. The third kappa shape index (κ3) is 3.17. The molecule has 4 rings (SSSR count). The van der Waals surface area contributed by atoms with E-state index in [4.69, 9.17) is 9.47 Å². The van der Waals surface area contributed by atoms with Crippen molar-refractivity contribution < 1.29 is 29.0 Å². The first-order valence-corrected chi connectivity index (χ1v) is 8.37. The normalized spacial score (nSPS) is 17.7. The van der Waals surface area contributed by atoms with E-state index in [1.165, 1.54) is 11.0 Å². The molecule has 0 bridgehead atoms. The van der Waals surface area contributed by atoms with Crippen molar-refractivity contribution in [2.45, 2.75) is 12.5 Å². The van der Waals surface area contributed by atoms with Crippen LogP contribution in [-0.2, 0) is 9.59 Å². The van der Waals surface area contributed by atoms with Crippen LogP contribution < -0.4 is 19.7 Å². The maximum Gasteiger partial charge on any atom is 0.305 e. The molecular weight excluding hydrogens is 352 g/mol. The van der Waals surface area contributed by atoms with Gasteiger partial charge in [0.15, 0.2) is 6.61 Å². The van der Waals surface area contributed by atoms with Gasteiger partial charge in [0.25, 0.3) is 11.8 Å². The van der Waals surface area contributed by atoms with E-state index >= 15 is 0 Å². The average molecular weight is 368 g/mol. The van der Waals surface area contributed by atoms with Crippen molar-refractivity contribution in [3.63, 3.8) is 0 Å². The monoisotopic (exact) mass is 368 g/mol. The topological polar surface area (TPSA) is 105 Å². The minimum absolute atomic E-state index is 0.0716. The molecule has 0 spiro atoms. The number of hydrogen-bond donors (Lipinski definition) is 2. The molecule has 2 aromatic carbocycles. The Labute approximate surface area is 154 Å². The molecule has 0 fully saturated rings. The summed E-state index contributed by atoms with van der Waals surface area (Å²) in [5.41, 5.74) is 1.23. The molecule has 2 aliphatic rings. The number of carboxylic acids is 1. The van der Waals surface area contributed by atoms with Crippen LogP contribution >= 0.6 is 0 Å². The minimum Gasteiger partial charge on any atom is -0.489 e. The van der Waals surface area contributed by atoms with E-state index in [0.717, 1.165) is 0 Å². The quantitative estimate of drug-likeness (QED) is 0.857. The smallest absolute Gasteiger partial charge is 0.305 e. The van der Waals surface area contributed by atoms with E-state index in [2.05, 4.69) is 5.32 Å². The Kier molecular flexibility index (Phi) is 4.15. The fourth-order valence-corrected chi connectivity index (χ4v) is 3.22. The minimum atomic E-state index is -1.02. The van der Waals surface area contributed by atoms with E-state index in [1.807, 2.05) is 0 Å². The molecule has 0 aliphatic carbocycles. The molecule has 1 atom stereocenters. The summed E-state index contributed by atoms with van der Waals surface area (Å²) in [7, 11) is 0. The van der Waals surface area contributed by atoms with Crippen LogP contribution in [0.25, 0.3) is 0 Å². The number of rotatable bonds is 3. The van der Waals surface area contributed by atoms with Gasteiger partial charge in [0.1, 0.15) is 18.1 Å². The first-order chi connectivity index (χ1) is 13.0. The zero-order valence-electron chi connectivity index (χ0n) is 14.2. The number of ether oxygens (including phenoxy) is 2. The Morgan fingerprint density at radius 2 is 1.96 bits per heavy atom. The van der Waals surface area contributed by atoms with Gasteiger partial charge < -0.3 is 19.9 Å². The summed E-state index contributed by atoms with van der Waals surface area (Å²) in [6.45, 7) is 0.0116. The summed E-state index contributed by atoms with van der Waals surface area (Å²) < 4.78 is 10.9. The second-order valence-corrected chi connectivity index (χ2v) is 6.25. The number of para-hydroxylation sites is 2. The van der Waals surface area contributed by atoms with Crippen molar-refractivity contribution in [2.75, 3.05) is 23.4 Å². The van der Waals surface area contributed by atoms with Crippen LogP contribution in [0.5, 0.6) is 11.5 Å². The fourth-order valence-electron chi connectivity index (χ4n) is 3.22. The SMILES string of the molecule is O=C(O)CC1COc2ccccc2N1C(=O)c1ccc2c(c1)NC(=O)CO2. The van der Waals surface area contributed by atoms with E-state index < -0.39 is 12.0 Å². The van der Waals surface area contributed by atoms with Gasteiger partial charge in [-0.25, -0.2) is 0 Å². The Bertz CT molecular complexity index is 942. The van der Waals surface area contributed by atoms with Gasteiger partial charge in [-0.3, -0.25) is 19.3 Å². The Balaban J connectivity index is 1.72. The van der Waals surface area contributed by atoms with Gasteiger partial charge in [-0.15, -0.1) is 0 Å². The number of nitrogens with zero attached hydrogens (tertiary/aromatic N) is 1. The summed E-state index contributed by atoms with van der Waals surface area (Å²) in [4.78, 5) is 37.5. The lowest BCUT2D eigenvalue weighted by Crippen LogP contribution is -2.48. The zero-order chi connectivity index (χ0) is 19.0. The third-order valence-corrected chi connectivity index (χ3v) is 4.41. The van der Waals surface area contributed by atoms with Gasteiger partial charge in [-0.05, 0) is 30.3 Å². The van der Waals surface area contributed by atoms with Crippen molar-refractivity contribution in [1.29, 1.82) is 0 Å². The van der Waals surface area contributed by atoms with Crippen LogP contribution in [0.4, 0.5) is 11.4 Å². The molecule has 1 unspecified atom stereocenters. The standard InChI is InChI=1S/C19H16N2O6/c22-17-10-27-15-6-5-11(7-13(15)20-17)19(25)21-12(8-18(23)24)9-26-16-4-2-1-3-14(16)21/h1-7,12H,8-10H2,(H,20,22)(H,23,24). The summed E-state index contributed by atoms with van der Waals surface area (Å²) in [6, 6.07) is 11.1. The molecule has 8 heteroatoms. The first kappa shape index (κ1) is 16.9. The summed E-state index contributed by atoms with van der Waals surface area (Å²) >= 11 is 0. The number of carboxylic acid groups (broad SMARTS) is 1. The Morgan fingerprint density at radius 1 is 1.15 bits per heavy atom. The summed E-state index contributed by atoms with van der Waals surface area (Å²) in [5.74, 6) is -0.697. The van der Waals surface area contributed by atoms with Crippen molar-refractivity contribution >= 4 is 29.2 Å². The molecule has 0 radical (unpaired) electrons. The highest BCUT2D eigenvalue weighted by molar-refractivity contribution is 6.09. The predicted molar refractivity (Wildman–Crippen MR) is 95.4 cm³/mol. The second kappa shape index (κ2) is 6.64. The van der Waals surface area contributed by atoms with Crippen LogP contribution in [-0.4, -0.2) is 42.1 Å². The molecule has 138 valence electrons. The number of hydrogen-bond acceptors (Lipinski definition) is 5. The molecule has 2 N–H and O–H groups in total. The van der Waals surface area contributed by atoms with E-state index in [-0.39, 0.29) is 31.4 Å². The van der Waals surface area contributed by atoms with Gasteiger partial charge in [-0.1, -0.05) is 12.1 Å². The number of carbonyl (C=O) groups excluding carboxylic acids is 2.